The van der Waals surface area contributed by atoms with E-state index in [2.05, 4.69) is 25.8 Å². The average molecular weight is 437 g/mol. The second kappa shape index (κ2) is 8.12. The van der Waals surface area contributed by atoms with E-state index in [1.807, 2.05) is 49.5 Å². The zero-order valence-corrected chi connectivity index (χ0v) is 17.9. The third-order valence-corrected chi connectivity index (χ3v) is 5.29. The van der Waals surface area contributed by atoms with Crippen LogP contribution in [-0.4, -0.2) is 25.2 Å². The first-order valence-electron chi connectivity index (χ1n) is 10.2. The van der Waals surface area contributed by atoms with Gasteiger partial charge in [0.1, 0.15) is 0 Å². The van der Waals surface area contributed by atoms with E-state index >= 15 is 0 Å². The number of amides is 1. The van der Waals surface area contributed by atoms with Gasteiger partial charge in [-0.2, -0.15) is 5.10 Å². The number of rotatable bonds is 4. The third-order valence-electron chi connectivity index (χ3n) is 5.29. The molecule has 0 bridgehead atoms. The van der Waals surface area contributed by atoms with Crippen LogP contribution in [0.5, 0.6) is 0 Å². The number of nitrogens with zero attached hydrogens (tertiary/aromatic N) is 6. The molecule has 0 spiro atoms. The molecule has 3 aromatic heterocycles. The van der Waals surface area contributed by atoms with Gasteiger partial charge >= 0.3 is 0 Å². The summed E-state index contributed by atoms with van der Waals surface area (Å²) in [5.41, 5.74) is 6.49. The Hall–Kier alpha value is -4.66. The highest BCUT2D eigenvalue weighted by molar-refractivity contribution is 6.04. The number of aromatic nitrogens is 4. The molecule has 9 nitrogen and oxygen atoms in total. The van der Waals surface area contributed by atoms with Gasteiger partial charge < -0.3 is 0 Å². The summed E-state index contributed by atoms with van der Waals surface area (Å²) in [6, 6.07) is 16.5. The van der Waals surface area contributed by atoms with Crippen LogP contribution >= 0.6 is 0 Å². The summed E-state index contributed by atoms with van der Waals surface area (Å²) in [4.78, 5) is 28.8. The summed E-state index contributed by atoms with van der Waals surface area (Å²) in [6.07, 6.45) is 5.33. The van der Waals surface area contributed by atoms with E-state index in [1.165, 1.54) is 13.0 Å². The molecule has 0 aliphatic heterocycles. The van der Waals surface area contributed by atoms with Crippen molar-refractivity contribution in [3.05, 3.63) is 89.1 Å². The van der Waals surface area contributed by atoms with Crippen molar-refractivity contribution in [1.29, 1.82) is 0 Å². The second-order valence-electron chi connectivity index (χ2n) is 7.56. The minimum absolute atomic E-state index is 0.187. The molecule has 0 aliphatic rings. The van der Waals surface area contributed by atoms with E-state index < -0.39 is 0 Å². The Morgan fingerprint density at radius 3 is 2.70 bits per heavy atom. The molecular formula is C24H19N7O2. The van der Waals surface area contributed by atoms with E-state index in [-0.39, 0.29) is 11.5 Å². The van der Waals surface area contributed by atoms with Crippen molar-refractivity contribution in [1.82, 2.24) is 24.8 Å². The zero-order valence-electron chi connectivity index (χ0n) is 17.9. The summed E-state index contributed by atoms with van der Waals surface area (Å²) in [7, 11) is 0. The van der Waals surface area contributed by atoms with E-state index in [0.717, 1.165) is 33.1 Å². The van der Waals surface area contributed by atoms with Crippen LogP contribution in [0.2, 0.25) is 0 Å². The molecule has 0 fully saturated rings. The highest BCUT2D eigenvalue weighted by Crippen LogP contribution is 2.29. The number of carbonyl (C=O) groups excluding carboxylic acids is 1. The SMILES string of the molecule is CC(=O)NN=Nc1cc(-n2c(=O)ccc3cnc4ccc(-n5cccn5)cc4c32)ccc1C. The van der Waals surface area contributed by atoms with Crippen LogP contribution in [0, 0.1) is 6.92 Å². The van der Waals surface area contributed by atoms with Gasteiger partial charge in [-0.3, -0.25) is 19.1 Å². The highest BCUT2D eigenvalue weighted by Gasteiger charge is 2.13. The normalized spacial score (nSPS) is 11.5. The zero-order chi connectivity index (χ0) is 22.9. The first-order valence-corrected chi connectivity index (χ1v) is 10.2. The minimum atomic E-state index is -0.315. The molecule has 0 atom stereocenters. The van der Waals surface area contributed by atoms with Gasteiger partial charge in [0, 0.05) is 42.4 Å². The predicted molar refractivity (Wildman–Crippen MR) is 125 cm³/mol. The Kier molecular flexibility index (Phi) is 4.98. The Bertz CT molecular complexity index is 1600. The Morgan fingerprint density at radius 2 is 1.91 bits per heavy atom. The lowest BCUT2D eigenvalue weighted by atomic mass is 10.1. The Balaban J connectivity index is 1.77. The highest BCUT2D eigenvalue weighted by atomic mass is 16.2. The summed E-state index contributed by atoms with van der Waals surface area (Å²) in [6.45, 7) is 3.24. The molecule has 5 rings (SSSR count). The van der Waals surface area contributed by atoms with Crippen LogP contribution in [0.25, 0.3) is 33.2 Å². The van der Waals surface area contributed by atoms with Crippen LogP contribution < -0.4 is 11.0 Å². The van der Waals surface area contributed by atoms with E-state index in [1.54, 1.807) is 33.8 Å². The number of carbonyl (C=O) groups is 1. The second-order valence-corrected chi connectivity index (χ2v) is 7.56. The summed E-state index contributed by atoms with van der Waals surface area (Å²) >= 11 is 0. The summed E-state index contributed by atoms with van der Waals surface area (Å²) < 4.78 is 3.40. The van der Waals surface area contributed by atoms with Gasteiger partial charge in [0.15, 0.2) is 0 Å². The number of benzene rings is 2. The van der Waals surface area contributed by atoms with E-state index in [0.29, 0.717) is 11.4 Å². The van der Waals surface area contributed by atoms with Crippen LogP contribution in [-0.2, 0) is 4.79 Å². The number of hydrogen-bond acceptors (Lipinski definition) is 6. The number of hydrogen-bond donors (Lipinski definition) is 1. The molecule has 0 saturated carbocycles. The fourth-order valence-corrected chi connectivity index (χ4v) is 3.71. The van der Waals surface area contributed by atoms with E-state index in [4.69, 9.17) is 0 Å². The molecule has 9 heteroatoms. The topological polar surface area (TPSA) is 107 Å². The first-order chi connectivity index (χ1) is 16.0. The number of pyridine rings is 2. The Labute approximate surface area is 188 Å². The molecule has 2 aromatic carbocycles. The average Bonchev–Trinajstić information content (AvgIpc) is 3.35. The predicted octanol–water partition coefficient (Wildman–Crippen LogP) is 4.17. The van der Waals surface area contributed by atoms with Crippen LogP contribution in [0.15, 0.2) is 88.3 Å². The number of aryl methyl sites for hydroxylation is 1. The van der Waals surface area contributed by atoms with Crippen molar-refractivity contribution in [3.63, 3.8) is 0 Å². The van der Waals surface area contributed by atoms with E-state index in [9.17, 15) is 9.59 Å². The molecule has 0 unspecified atom stereocenters. The lowest BCUT2D eigenvalue weighted by Gasteiger charge is -2.14. The lowest BCUT2D eigenvalue weighted by Crippen LogP contribution is -2.17. The fraction of sp³-hybridized carbons (Fsp3) is 0.0833. The van der Waals surface area contributed by atoms with Crippen LogP contribution in [0.3, 0.4) is 0 Å². The number of fused-ring (bicyclic) bond motifs is 3. The van der Waals surface area contributed by atoms with Gasteiger partial charge in [0.05, 0.1) is 28.1 Å². The molecule has 0 saturated heterocycles. The van der Waals surface area contributed by atoms with Gasteiger partial charge in [0.2, 0.25) is 5.91 Å². The van der Waals surface area contributed by atoms with Gasteiger partial charge in [-0.15, -0.1) is 5.11 Å². The maximum Gasteiger partial charge on any atom is 0.255 e. The van der Waals surface area contributed by atoms with Gasteiger partial charge in [-0.1, -0.05) is 11.3 Å². The molecular weight excluding hydrogens is 418 g/mol. The third kappa shape index (κ3) is 3.76. The Morgan fingerprint density at radius 1 is 1.06 bits per heavy atom. The van der Waals surface area contributed by atoms with Crippen molar-refractivity contribution in [2.45, 2.75) is 13.8 Å². The van der Waals surface area contributed by atoms with Crippen molar-refractivity contribution in [3.8, 4) is 11.4 Å². The van der Waals surface area contributed by atoms with Crippen molar-refractivity contribution in [2.75, 3.05) is 0 Å². The molecule has 1 N–H and O–H groups in total. The largest absolute Gasteiger partial charge is 0.276 e. The molecule has 3 heterocycles. The van der Waals surface area contributed by atoms with Gasteiger partial charge in [0.25, 0.3) is 5.56 Å². The fourth-order valence-electron chi connectivity index (χ4n) is 3.71. The first kappa shape index (κ1) is 20.3. The van der Waals surface area contributed by atoms with Crippen LogP contribution in [0.1, 0.15) is 12.5 Å². The standard InChI is InChI=1S/C24H19N7O2/c1-15-4-6-19(13-22(15)28-29-27-16(2)32)31-23(33)9-5-17-14-25-21-8-7-18(12-20(21)24(17)31)30-11-3-10-26-30/h3-14H,1-2H3,(H,27,28,32). The summed E-state index contributed by atoms with van der Waals surface area (Å²) in [5.74, 6) is -0.315. The molecule has 33 heavy (non-hydrogen) atoms. The van der Waals surface area contributed by atoms with Crippen molar-refractivity contribution in [2.24, 2.45) is 10.3 Å². The molecule has 162 valence electrons. The summed E-state index contributed by atoms with van der Waals surface area (Å²) in [5, 5.41) is 13.8. The maximum absolute atomic E-state index is 13.1. The van der Waals surface area contributed by atoms with Crippen molar-refractivity contribution >= 4 is 33.4 Å². The number of nitrogens with one attached hydrogen (secondary N) is 1. The monoisotopic (exact) mass is 437 g/mol. The van der Waals surface area contributed by atoms with Gasteiger partial charge in [-0.05, 0) is 55.0 Å². The lowest BCUT2D eigenvalue weighted by molar-refractivity contribution is -0.119. The quantitative estimate of drug-likeness (QED) is 0.259. The molecule has 0 aliphatic carbocycles. The van der Waals surface area contributed by atoms with Gasteiger partial charge in [-0.25, -0.2) is 10.1 Å². The smallest absolute Gasteiger partial charge is 0.255 e. The maximum atomic E-state index is 13.1. The van der Waals surface area contributed by atoms with Crippen LogP contribution in [0.4, 0.5) is 5.69 Å². The molecule has 5 aromatic rings. The van der Waals surface area contributed by atoms with Crippen molar-refractivity contribution < 1.29 is 4.79 Å². The molecule has 1 amide bonds. The minimum Gasteiger partial charge on any atom is -0.276 e. The molecule has 0 radical (unpaired) electrons.